The van der Waals surface area contributed by atoms with E-state index >= 15 is 0 Å². The number of hydrogen-bond donors (Lipinski definition) is 2. The van der Waals surface area contributed by atoms with Crippen molar-refractivity contribution in [3.8, 4) is 0 Å². The first kappa shape index (κ1) is 52.7. The van der Waals surface area contributed by atoms with Crippen molar-refractivity contribution in [2.24, 2.45) is 5.73 Å². The van der Waals surface area contributed by atoms with Crippen molar-refractivity contribution in [3.63, 3.8) is 0 Å². The van der Waals surface area contributed by atoms with E-state index in [1.807, 2.05) is 0 Å². The Morgan fingerprint density at radius 2 is 1.02 bits per heavy atom. The number of allylic oxidation sites excluding steroid dienone is 14. The second-order valence-corrected chi connectivity index (χ2v) is 15.3. The Labute approximate surface area is 337 Å². The highest BCUT2D eigenvalue weighted by molar-refractivity contribution is 7.47. The largest absolute Gasteiger partial charge is 0.472 e. The van der Waals surface area contributed by atoms with Gasteiger partial charge < -0.3 is 20.1 Å². The third-order valence-corrected chi connectivity index (χ3v) is 9.53. The van der Waals surface area contributed by atoms with E-state index in [0.29, 0.717) is 13.0 Å². The first-order valence-electron chi connectivity index (χ1n) is 21.6. The normalized spacial score (nSPS) is 14.3. The van der Waals surface area contributed by atoms with Gasteiger partial charge in [0.05, 0.1) is 19.8 Å². The summed E-state index contributed by atoms with van der Waals surface area (Å²) in [5, 5.41) is 0. The molecular weight excluding hydrogens is 709 g/mol. The summed E-state index contributed by atoms with van der Waals surface area (Å²) in [5.41, 5.74) is 5.37. The number of carbonyl (C=O) groups is 1. The average Bonchev–Trinajstić information content (AvgIpc) is 3.17. The van der Waals surface area contributed by atoms with Gasteiger partial charge in [0.2, 0.25) is 0 Å². The molecule has 0 heterocycles. The second-order valence-electron chi connectivity index (χ2n) is 13.8. The smallest absolute Gasteiger partial charge is 0.457 e. The van der Waals surface area contributed by atoms with Crippen LogP contribution in [0.4, 0.5) is 0 Å². The van der Waals surface area contributed by atoms with Crippen LogP contribution >= 0.6 is 7.82 Å². The minimum Gasteiger partial charge on any atom is -0.457 e. The molecule has 0 saturated heterocycles. The lowest BCUT2D eigenvalue weighted by Gasteiger charge is -2.20. The standard InChI is InChI=1S/C46H80NO7P/c1-3-5-7-9-11-13-15-17-19-21-22-23-25-27-29-31-33-35-37-39-46(48)54-45(44-53-55(49,50)52-42-40-47)43-51-41-38-36-34-32-30-28-26-24-20-18-16-14-12-10-8-6-4-2/h5,7,11,13-14,16-17,19-20,22-24,27,29,45H,3-4,6,8-10,12,15,18,21,25-26,28,30-44,47H2,1-2H3,(H,49,50)/b7-5-,13-11-,16-14-,19-17-,23-22-,24-20-,29-27-. The predicted octanol–water partition coefficient (Wildman–Crippen LogP) is 12.9. The summed E-state index contributed by atoms with van der Waals surface area (Å²) < 4.78 is 33.4. The number of nitrogens with two attached hydrogens (primary N) is 1. The highest BCUT2D eigenvalue weighted by Gasteiger charge is 2.25. The summed E-state index contributed by atoms with van der Waals surface area (Å²) in [6.45, 7) is 4.70. The molecule has 0 saturated carbocycles. The van der Waals surface area contributed by atoms with Gasteiger partial charge in [0, 0.05) is 19.6 Å². The van der Waals surface area contributed by atoms with Crippen molar-refractivity contribution in [2.75, 3.05) is 33.0 Å². The van der Waals surface area contributed by atoms with Crippen LogP contribution in [0, 0.1) is 0 Å². The summed E-state index contributed by atoms with van der Waals surface area (Å²) >= 11 is 0. The first-order chi connectivity index (χ1) is 26.9. The minimum atomic E-state index is -4.29. The molecule has 0 fully saturated rings. The number of hydrogen-bond acceptors (Lipinski definition) is 7. The molecule has 0 bridgehead atoms. The van der Waals surface area contributed by atoms with Crippen LogP contribution in [-0.2, 0) is 27.9 Å². The fourth-order valence-corrected chi connectivity index (χ4v) is 6.17. The van der Waals surface area contributed by atoms with Gasteiger partial charge in [-0.2, -0.15) is 0 Å². The third kappa shape index (κ3) is 42.7. The van der Waals surface area contributed by atoms with E-state index in [1.54, 1.807) is 0 Å². The molecule has 0 aliphatic carbocycles. The lowest BCUT2D eigenvalue weighted by molar-refractivity contribution is -0.154. The molecular formula is C46H80NO7P. The Balaban J connectivity index is 4.16. The molecule has 0 aromatic heterocycles. The number of unbranched alkanes of at least 4 members (excludes halogenated alkanes) is 13. The maximum atomic E-state index is 12.6. The molecule has 0 aliphatic rings. The van der Waals surface area contributed by atoms with E-state index < -0.39 is 13.9 Å². The summed E-state index contributed by atoms with van der Waals surface area (Å²) in [6, 6.07) is 0. The molecule has 8 nitrogen and oxygen atoms in total. The number of carbonyl (C=O) groups excluding carboxylic acids is 1. The van der Waals surface area contributed by atoms with Gasteiger partial charge in [0.1, 0.15) is 6.10 Å². The van der Waals surface area contributed by atoms with Crippen molar-refractivity contribution < 1.29 is 32.8 Å². The topological polar surface area (TPSA) is 117 Å². The Kier molecular flexibility index (Phi) is 41.0. The fourth-order valence-electron chi connectivity index (χ4n) is 5.40. The van der Waals surface area contributed by atoms with Gasteiger partial charge in [0.25, 0.3) is 0 Å². The Morgan fingerprint density at radius 1 is 0.564 bits per heavy atom. The molecule has 0 rings (SSSR count). The van der Waals surface area contributed by atoms with Crippen LogP contribution in [0.25, 0.3) is 0 Å². The van der Waals surface area contributed by atoms with Crippen LogP contribution in [0.5, 0.6) is 0 Å². The summed E-state index contributed by atoms with van der Waals surface area (Å²) in [5.74, 6) is -0.369. The molecule has 0 aromatic carbocycles. The zero-order valence-electron chi connectivity index (χ0n) is 34.9. The average molecular weight is 790 g/mol. The van der Waals surface area contributed by atoms with E-state index in [0.717, 1.165) is 83.5 Å². The highest BCUT2D eigenvalue weighted by Crippen LogP contribution is 2.43. The van der Waals surface area contributed by atoms with Gasteiger partial charge in [-0.05, 0) is 89.9 Å². The number of rotatable bonds is 40. The number of phosphoric acid groups is 1. The molecule has 9 heteroatoms. The molecule has 2 unspecified atom stereocenters. The van der Waals surface area contributed by atoms with Gasteiger partial charge >= 0.3 is 13.8 Å². The predicted molar refractivity (Wildman–Crippen MR) is 233 cm³/mol. The zero-order chi connectivity index (χ0) is 40.2. The molecule has 0 aromatic rings. The van der Waals surface area contributed by atoms with Crippen LogP contribution < -0.4 is 5.73 Å². The molecule has 316 valence electrons. The van der Waals surface area contributed by atoms with Crippen molar-refractivity contribution in [1.29, 1.82) is 0 Å². The van der Waals surface area contributed by atoms with Gasteiger partial charge in [0.15, 0.2) is 0 Å². The summed E-state index contributed by atoms with van der Waals surface area (Å²) in [4.78, 5) is 22.5. The lowest BCUT2D eigenvalue weighted by Crippen LogP contribution is -2.28. The molecule has 0 radical (unpaired) electrons. The molecule has 0 spiro atoms. The van der Waals surface area contributed by atoms with E-state index in [9.17, 15) is 14.3 Å². The second kappa shape index (κ2) is 42.8. The number of esters is 1. The van der Waals surface area contributed by atoms with Crippen molar-refractivity contribution in [1.82, 2.24) is 0 Å². The molecule has 2 atom stereocenters. The minimum absolute atomic E-state index is 0.0880. The third-order valence-electron chi connectivity index (χ3n) is 8.55. The lowest BCUT2D eigenvalue weighted by atomic mass is 10.1. The Hall–Kier alpha value is -2.32. The van der Waals surface area contributed by atoms with Crippen LogP contribution in [-0.4, -0.2) is 49.9 Å². The Bertz CT molecular complexity index is 1110. The molecule has 0 amide bonds. The van der Waals surface area contributed by atoms with Gasteiger partial charge in [-0.15, -0.1) is 0 Å². The van der Waals surface area contributed by atoms with Crippen LogP contribution in [0.15, 0.2) is 85.1 Å². The molecule has 55 heavy (non-hydrogen) atoms. The SMILES string of the molecule is CC/C=C\C/C=C\C/C=C\C/C=C\C/C=C\CCCCCC(=O)OC(COCCCCCCCC/C=C\C/C=C\CCCCCC)COP(=O)(O)OCCN. The summed E-state index contributed by atoms with van der Waals surface area (Å²) in [6.07, 6.45) is 54.5. The monoisotopic (exact) mass is 790 g/mol. The van der Waals surface area contributed by atoms with Gasteiger partial charge in [-0.1, -0.05) is 150 Å². The van der Waals surface area contributed by atoms with Gasteiger partial charge in [-0.3, -0.25) is 13.8 Å². The summed E-state index contributed by atoms with van der Waals surface area (Å²) in [7, 11) is -4.29. The molecule has 3 N–H and O–H groups in total. The highest BCUT2D eigenvalue weighted by atomic mass is 31.2. The van der Waals surface area contributed by atoms with E-state index in [1.165, 1.54) is 51.4 Å². The van der Waals surface area contributed by atoms with E-state index in [-0.39, 0.29) is 38.8 Å². The van der Waals surface area contributed by atoms with Crippen LogP contribution in [0.3, 0.4) is 0 Å². The van der Waals surface area contributed by atoms with E-state index in [2.05, 4.69) is 98.9 Å². The fraction of sp³-hybridized carbons (Fsp3) is 0.674. The number of ether oxygens (including phenoxy) is 2. The van der Waals surface area contributed by atoms with Crippen LogP contribution in [0.1, 0.15) is 162 Å². The quantitative estimate of drug-likeness (QED) is 0.0273. The zero-order valence-corrected chi connectivity index (χ0v) is 35.8. The van der Waals surface area contributed by atoms with Crippen LogP contribution in [0.2, 0.25) is 0 Å². The van der Waals surface area contributed by atoms with E-state index in [4.69, 9.17) is 24.3 Å². The van der Waals surface area contributed by atoms with Crippen molar-refractivity contribution >= 4 is 13.8 Å². The van der Waals surface area contributed by atoms with Gasteiger partial charge in [-0.25, -0.2) is 4.57 Å². The molecule has 0 aliphatic heterocycles. The number of phosphoric ester groups is 1. The first-order valence-corrected chi connectivity index (χ1v) is 23.1. The maximum Gasteiger partial charge on any atom is 0.472 e. The maximum absolute atomic E-state index is 12.6. The van der Waals surface area contributed by atoms with Crippen molar-refractivity contribution in [3.05, 3.63) is 85.1 Å². The Morgan fingerprint density at radius 3 is 1.53 bits per heavy atom. The van der Waals surface area contributed by atoms with Crippen molar-refractivity contribution in [2.45, 2.75) is 168 Å².